The molecule has 0 heterocycles. The first-order valence-corrected chi connectivity index (χ1v) is 10.1. The normalized spacial score (nSPS) is 45.0. The molecule has 6 atom stereocenters. The van der Waals surface area contributed by atoms with E-state index in [0.717, 1.165) is 38.5 Å². The molecule has 0 aromatic heterocycles. The van der Waals surface area contributed by atoms with E-state index in [1.54, 1.807) is 0 Å². The van der Waals surface area contributed by atoms with Gasteiger partial charge in [0, 0.05) is 18.4 Å². The molecule has 0 saturated heterocycles. The van der Waals surface area contributed by atoms with Crippen LogP contribution in [0.2, 0.25) is 0 Å². The van der Waals surface area contributed by atoms with E-state index < -0.39 is 11.4 Å². The van der Waals surface area contributed by atoms with Gasteiger partial charge in [0.25, 0.3) is 0 Å². The lowest BCUT2D eigenvalue weighted by molar-refractivity contribution is -0.178. The van der Waals surface area contributed by atoms with Crippen LogP contribution in [-0.4, -0.2) is 23.8 Å². The maximum absolute atomic E-state index is 12.2. The molecule has 3 aliphatic carbocycles. The lowest BCUT2D eigenvalue weighted by atomic mass is 9.40. The first kappa shape index (κ1) is 19.4. The predicted molar refractivity (Wildman–Crippen MR) is 100 cm³/mol. The van der Waals surface area contributed by atoms with Crippen LogP contribution in [0, 0.1) is 39.4 Å². The van der Waals surface area contributed by atoms with Gasteiger partial charge in [-0.05, 0) is 75.7 Å². The molecule has 0 aromatic carbocycles. The summed E-state index contributed by atoms with van der Waals surface area (Å²) in [6.45, 7) is 9.11. The zero-order valence-electron chi connectivity index (χ0n) is 16.7. The fourth-order valence-corrected chi connectivity index (χ4v) is 6.91. The van der Waals surface area contributed by atoms with Gasteiger partial charge >= 0.3 is 5.97 Å². The Morgan fingerprint density at radius 3 is 2.69 bits per heavy atom. The van der Waals surface area contributed by atoms with Crippen molar-refractivity contribution in [3.8, 4) is 6.07 Å². The van der Waals surface area contributed by atoms with Gasteiger partial charge in [0.1, 0.15) is 0 Å². The molecule has 3 rings (SSSR count). The number of hydrogen-bond acceptors (Lipinski definition) is 3. The molecule has 4 nitrogen and oxygen atoms in total. The number of carboxylic acid groups (broad SMARTS) is 1. The maximum atomic E-state index is 12.2. The highest BCUT2D eigenvalue weighted by molar-refractivity contribution is 5.75. The van der Waals surface area contributed by atoms with Crippen LogP contribution in [0.15, 0.2) is 11.6 Å². The third-order valence-corrected chi connectivity index (χ3v) is 8.10. The topological polar surface area (TPSA) is 70.3 Å². The Bertz CT molecular complexity index is 650. The van der Waals surface area contributed by atoms with Crippen LogP contribution in [0.3, 0.4) is 0 Å². The van der Waals surface area contributed by atoms with Gasteiger partial charge in [-0.15, -0.1) is 0 Å². The molecule has 0 aliphatic heterocycles. The maximum Gasteiger partial charge on any atom is 0.309 e. The van der Waals surface area contributed by atoms with E-state index in [0.29, 0.717) is 18.9 Å². The molecule has 1 N–H and O–H groups in total. The summed E-state index contributed by atoms with van der Waals surface area (Å²) >= 11 is 0. The van der Waals surface area contributed by atoms with Gasteiger partial charge in [0.15, 0.2) is 0 Å². The molecule has 2 saturated carbocycles. The summed E-state index contributed by atoms with van der Waals surface area (Å²) in [5.41, 5.74) is 0.433. The van der Waals surface area contributed by atoms with Crippen LogP contribution in [0.1, 0.15) is 72.6 Å². The molecule has 0 spiro atoms. The van der Waals surface area contributed by atoms with E-state index in [-0.39, 0.29) is 22.9 Å². The largest absolute Gasteiger partial charge is 0.481 e. The standard InChI is InChI=1S/C22H33NO3/c1-5-26-16-13-18-20(3)8-6-9-21(4,19(24)25)17(20)7-10-22(18,11-12-23)14-15(16)2/h14,16-18H,5-11,13H2,1-4H3,(H,24,25)/t16-,17+,18+,20-,21-,22+/m1/s1. The van der Waals surface area contributed by atoms with Crippen molar-refractivity contribution in [2.24, 2.45) is 28.1 Å². The summed E-state index contributed by atoms with van der Waals surface area (Å²) in [5.74, 6) is -0.162. The summed E-state index contributed by atoms with van der Waals surface area (Å²) in [6.07, 6.45) is 8.49. The van der Waals surface area contributed by atoms with Crippen molar-refractivity contribution in [3.05, 3.63) is 11.6 Å². The fraction of sp³-hybridized carbons (Fsp3) is 0.818. The molecule has 4 heteroatoms. The second-order valence-electron chi connectivity index (χ2n) is 9.36. The highest BCUT2D eigenvalue weighted by atomic mass is 16.5. The molecule has 0 aromatic rings. The number of hydrogen-bond donors (Lipinski definition) is 1. The number of ether oxygens (including phenoxy) is 1. The molecule has 0 amide bonds. The lowest BCUT2D eigenvalue weighted by Gasteiger charge is -2.63. The minimum atomic E-state index is -0.650. The van der Waals surface area contributed by atoms with Gasteiger partial charge in [0.05, 0.1) is 17.6 Å². The van der Waals surface area contributed by atoms with Crippen molar-refractivity contribution in [3.63, 3.8) is 0 Å². The van der Waals surface area contributed by atoms with Crippen LogP contribution >= 0.6 is 0 Å². The van der Waals surface area contributed by atoms with Crippen LogP contribution in [-0.2, 0) is 9.53 Å². The molecular weight excluding hydrogens is 326 g/mol. The number of carbonyl (C=O) groups is 1. The highest BCUT2D eigenvalue weighted by Gasteiger charge is 2.63. The average Bonchev–Trinajstić information content (AvgIpc) is 2.56. The summed E-state index contributed by atoms with van der Waals surface area (Å²) in [5, 5.41) is 19.6. The van der Waals surface area contributed by atoms with Crippen molar-refractivity contribution in [1.82, 2.24) is 0 Å². The van der Waals surface area contributed by atoms with Crippen LogP contribution in [0.4, 0.5) is 0 Å². The van der Waals surface area contributed by atoms with Crippen LogP contribution in [0.25, 0.3) is 0 Å². The number of carboxylic acids is 1. The highest BCUT2D eigenvalue weighted by Crippen LogP contribution is 2.67. The summed E-state index contributed by atoms with van der Waals surface area (Å²) < 4.78 is 6.02. The van der Waals surface area contributed by atoms with E-state index in [1.165, 1.54) is 5.57 Å². The van der Waals surface area contributed by atoms with Crippen molar-refractivity contribution in [1.29, 1.82) is 5.26 Å². The number of aliphatic carboxylic acids is 1. The third-order valence-electron chi connectivity index (χ3n) is 8.10. The van der Waals surface area contributed by atoms with Crippen LogP contribution < -0.4 is 0 Å². The zero-order valence-corrected chi connectivity index (χ0v) is 16.7. The Morgan fingerprint density at radius 2 is 2.08 bits per heavy atom. The van der Waals surface area contributed by atoms with E-state index in [9.17, 15) is 15.2 Å². The Balaban J connectivity index is 2.07. The van der Waals surface area contributed by atoms with Gasteiger partial charge in [-0.1, -0.05) is 19.4 Å². The van der Waals surface area contributed by atoms with Gasteiger partial charge in [0.2, 0.25) is 0 Å². The van der Waals surface area contributed by atoms with Gasteiger partial charge in [-0.3, -0.25) is 4.79 Å². The van der Waals surface area contributed by atoms with E-state index in [1.807, 2.05) is 13.8 Å². The number of allylic oxidation sites excluding steroid dienone is 1. The molecule has 26 heavy (non-hydrogen) atoms. The zero-order chi connectivity index (χ0) is 19.2. The Labute approximate surface area is 157 Å². The molecule has 3 aliphatic rings. The predicted octanol–water partition coefficient (Wildman–Crippen LogP) is 4.95. The first-order chi connectivity index (χ1) is 12.2. The second-order valence-corrected chi connectivity index (χ2v) is 9.36. The summed E-state index contributed by atoms with van der Waals surface area (Å²) in [6, 6.07) is 2.45. The average molecular weight is 360 g/mol. The van der Waals surface area contributed by atoms with Crippen molar-refractivity contribution < 1.29 is 14.6 Å². The van der Waals surface area contributed by atoms with Crippen molar-refractivity contribution in [2.75, 3.05) is 6.61 Å². The van der Waals surface area contributed by atoms with Crippen LogP contribution in [0.5, 0.6) is 0 Å². The monoisotopic (exact) mass is 359 g/mol. The van der Waals surface area contributed by atoms with Gasteiger partial charge in [-0.25, -0.2) is 0 Å². The Morgan fingerprint density at radius 1 is 1.35 bits per heavy atom. The lowest BCUT2D eigenvalue weighted by Crippen LogP contribution is -2.59. The Kier molecular flexibility index (Phi) is 4.99. The second kappa shape index (κ2) is 6.68. The SMILES string of the molecule is CCO[C@@H]1C[C@@H]2[C@@](CC#N)(C=C1C)CC[C@H]1[C@@]2(C)CCC[C@@]1(C)C(=O)O. The number of nitriles is 1. The fourth-order valence-electron chi connectivity index (χ4n) is 6.91. The molecule has 2 fully saturated rings. The van der Waals surface area contributed by atoms with Crippen molar-refractivity contribution in [2.45, 2.75) is 78.7 Å². The third kappa shape index (κ3) is 2.71. The molecule has 0 radical (unpaired) electrons. The molecular formula is C22H33NO3. The Hall–Kier alpha value is -1.34. The summed E-state index contributed by atoms with van der Waals surface area (Å²) in [4.78, 5) is 12.2. The molecule has 0 bridgehead atoms. The minimum Gasteiger partial charge on any atom is -0.481 e. The smallest absolute Gasteiger partial charge is 0.309 e. The van der Waals surface area contributed by atoms with Crippen molar-refractivity contribution >= 4 is 5.97 Å². The van der Waals surface area contributed by atoms with E-state index >= 15 is 0 Å². The van der Waals surface area contributed by atoms with E-state index in [2.05, 4.69) is 26.0 Å². The van der Waals surface area contributed by atoms with Gasteiger partial charge in [-0.2, -0.15) is 5.26 Å². The summed E-state index contributed by atoms with van der Waals surface area (Å²) in [7, 11) is 0. The molecule has 144 valence electrons. The number of fused-ring (bicyclic) bond motifs is 3. The first-order valence-electron chi connectivity index (χ1n) is 10.1. The quantitative estimate of drug-likeness (QED) is 0.721. The number of nitrogens with zero attached hydrogens (tertiary/aromatic N) is 1. The van der Waals surface area contributed by atoms with Gasteiger partial charge < -0.3 is 9.84 Å². The number of rotatable bonds is 4. The molecule has 0 unspecified atom stereocenters. The van der Waals surface area contributed by atoms with E-state index in [4.69, 9.17) is 4.74 Å². The minimum absolute atomic E-state index is 0.0486.